The number of rotatable bonds is 5. The summed E-state index contributed by atoms with van der Waals surface area (Å²) < 4.78 is 37.4. The first-order chi connectivity index (χ1) is 11.7. The van der Waals surface area contributed by atoms with Crippen molar-refractivity contribution >= 4 is 29.0 Å². The summed E-state index contributed by atoms with van der Waals surface area (Å²) in [6.07, 6.45) is -3.74. The number of pyridine rings is 1. The summed E-state index contributed by atoms with van der Waals surface area (Å²) in [4.78, 5) is 27.2. The molecule has 1 amide bonds. The van der Waals surface area contributed by atoms with Crippen LogP contribution in [0.5, 0.6) is 0 Å². The molecule has 0 saturated heterocycles. The Bertz CT molecular complexity index is 764. The lowest BCUT2D eigenvalue weighted by molar-refractivity contribution is -0.384. The number of non-ortho nitro benzene ring substituents is 1. The molecule has 0 radical (unpaired) electrons. The van der Waals surface area contributed by atoms with Gasteiger partial charge in [-0.3, -0.25) is 14.9 Å². The van der Waals surface area contributed by atoms with Crippen molar-refractivity contribution in [3.63, 3.8) is 0 Å². The standard InChI is InChI=1S/C15H12F3N3O3S/c1-20(11-3-5-12(6-4-11)21(23)24)14(22)9-25-13-7-2-10(8-19-13)15(16,17)18/h2-8H,9H2,1H3. The van der Waals surface area contributed by atoms with Crippen LogP contribution in [0.25, 0.3) is 0 Å². The van der Waals surface area contributed by atoms with E-state index in [1.54, 1.807) is 0 Å². The number of nitro benzene ring substituents is 1. The topological polar surface area (TPSA) is 76.3 Å². The quantitative estimate of drug-likeness (QED) is 0.454. The van der Waals surface area contributed by atoms with Crippen LogP contribution in [0.3, 0.4) is 0 Å². The number of thioether (sulfide) groups is 1. The highest BCUT2D eigenvalue weighted by Gasteiger charge is 2.30. The fourth-order valence-electron chi connectivity index (χ4n) is 1.81. The minimum Gasteiger partial charge on any atom is -0.315 e. The summed E-state index contributed by atoms with van der Waals surface area (Å²) in [5.74, 6) is -0.355. The zero-order valence-corrected chi connectivity index (χ0v) is 13.7. The van der Waals surface area contributed by atoms with Gasteiger partial charge < -0.3 is 4.90 Å². The van der Waals surface area contributed by atoms with Crippen LogP contribution in [0.4, 0.5) is 24.5 Å². The molecule has 1 aromatic heterocycles. The minimum atomic E-state index is -4.46. The van der Waals surface area contributed by atoms with Crippen molar-refractivity contribution in [3.05, 3.63) is 58.3 Å². The molecule has 0 aliphatic heterocycles. The largest absolute Gasteiger partial charge is 0.417 e. The van der Waals surface area contributed by atoms with Crippen molar-refractivity contribution in [2.45, 2.75) is 11.2 Å². The Morgan fingerprint density at radius 1 is 1.24 bits per heavy atom. The highest BCUT2D eigenvalue weighted by molar-refractivity contribution is 7.99. The zero-order valence-electron chi connectivity index (χ0n) is 12.9. The lowest BCUT2D eigenvalue weighted by atomic mass is 10.2. The van der Waals surface area contributed by atoms with Gasteiger partial charge in [0.05, 0.1) is 21.3 Å². The molecule has 6 nitrogen and oxygen atoms in total. The van der Waals surface area contributed by atoms with Gasteiger partial charge in [-0.05, 0) is 24.3 Å². The van der Waals surface area contributed by atoms with Gasteiger partial charge >= 0.3 is 6.18 Å². The van der Waals surface area contributed by atoms with E-state index in [1.165, 1.54) is 42.3 Å². The third-order valence-corrected chi connectivity index (χ3v) is 4.16. The van der Waals surface area contributed by atoms with Gasteiger partial charge in [0.15, 0.2) is 0 Å². The molecule has 0 saturated carbocycles. The van der Waals surface area contributed by atoms with E-state index in [4.69, 9.17) is 0 Å². The SMILES string of the molecule is CN(C(=O)CSc1ccc(C(F)(F)F)cn1)c1ccc([N+](=O)[O-])cc1. The second-order valence-corrected chi connectivity index (χ2v) is 5.89. The van der Waals surface area contributed by atoms with Crippen LogP contribution in [0.15, 0.2) is 47.6 Å². The van der Waals surface area contributed by atoms with Crippen LogP contribution in [0.1, 0.15) is 5.56 Å². The van der Waals surface area contributed by atoms with Crippen LogP contribution in [-0.2, 0) is 11.0 Å². The molecule has 0 N–H and O–H groups in total. The average molecular weight is 371 g/mol. The van der Waals surface area contributed by atoms with E-state index in [0.29, 0.717) is 16.9 Å². The van der Waals surface area contributed by atoms with Crippen LogP contribution in [-0.4, -0.2) is 28.6 Å². The molecular formula is C15H12F3N3O3S. The number of benzene rings is 1. The molecule has 0 aliphatic rings. The van der Waals surface area contributed by atoms with Crippen molar-refractivity contribution in [1.29, 1.82) is 0 Å². The number of aromatic nitrogens is 1. The van der Waals surface area contributed by atoms with Crippen molar-refractivity contribution in [1.82, 2.24) is 4.98 Å². The lowest BCUT2D eigenvalue weighted by Crippen LogP contribution is -2.27. The van der Waals surface area contributed by atoms with E-state index in [0.717, 1.165) is 17.8 Å². The Morgan fingerprint density at radius 2 is 1.88 bits per heavy atom. The van der Waals surface area contributed by atoms with Crippen LogP contribution >= 0.6 is 11.8 Å². The number of amides is 1. The summed E-state index contributed by atoms with van der Waals surface area (Å²) in [7, 11) is 1.50. The van der Waals surface area contributed by atoms with E-state index in [-0.39, 0.29) is 17.3 Å². The first-order valence-corrected chi connectivity index (χ1v) is 7.84. The molecule has 25 heavy (non-hydrogen) atoms. The highest BCUT2D eigenvalue weighted by Crippen LogP contribution is 2.29. The molecule has 132 valence electrons. The fraction of sp³-hybridized carbons (Fsp3) is 0.200. The number of hydrogen-bond donors (Lipinski definition) is 0. The molecular weight excluding hydrogens is 359 g/mol. The third-order valence-electron chi connectivity index (χ3n) is 3.23. The van der Waals surface area contributed by atoms with Gasteiger partial charge in [-0.2, -0.15) is 13.2 Å². The molecule has 0 aliphatic carbocycles. The molecule has 1 heterocycles. The molecule has 2 aromatic rings. The normalized spacial score (nSPS) is 11.2. The van der Waals surface area contributed by atoms with E-state index in [1.807, 2.05) is 0 Å². The third kappa shape index (κ3) is 4.92. The molecule has 0 spiro atoms. The van der Waals surface area contributed by atoms with Crippen molar-refractivity contribution < 1.29 is 22.9 Å². The van der Waals surface area contributed by atoms with Gasteiger partial charge in [0, 0.05) is 31.1 Å². The second-order valence-electron chi connectivity index (χ2n) is 4.90. The van der Waals surface area contributed by atoms with E-state index in [2.05, 4.69) is 4.98 Å². The molecule has 0 unspecified atom stereocenters. The number of nitrogens with zero attached hydrogens (tertiary/aromatic N) is 3. The number of halogens is 3. The summed E-state index contributed by atoms with van der Waals surface area (Å²) >= 11 is 1.00. The molecule has 0 bridgehead atoms. The average Bonchev–Trinajstić information content (AvgIpc) is 2.58. The van der Waals surface area contributed by atoms with Gasteiger partial charge in [0.2, 0.25) is 5.91 Å². The predicted octanol–water partition coefficient (Wildman–Crippen LogP) is 3.76. The van der Waals surface area contributed by atoms with Gasteiger partial charge in [-0.1, -0.05) is 11.8 Å². The number of hydrogen-bond acceptors (Lipinski definition) is 5. The summed E-state index contributed by atoms with van der Waals surface area (Å²) in [6, 6.07) is 7.55. The smallest absolute Gasteiger partial charge is 0.315 e. The van der Waals surface area contributed by atoms with Crippen molar-refractivity contribution in [2.24, 2.45) is 0 Å². The van der Waals surface area contributed by atoms with E-state index >= 15 is 0 Å². The van der Waals surface area contributed by atoms with E-state index in [9.17, 15) is 28.1 Å². The maximum Gasteiger partial charge on any atom is 0.417 e. The number of nitro groups is 1. The first-order valence-electron chi connectivity index (χ1n) is 6.85. The molecule has 1 aromatic carbocycles. The van der Waals surface area contributed by atoms with Gasteiger partial charge in [0.25, 0.3) is 5.69 Å². The number of alkyl halides is 3. The van der Waals surface area contributed by atoms with Gasteiger partial charge in [0.1, 0.15) is 0 Å². The summed E-state index contributed by atoms with van der Waals surface area (Å²) in [5.41, 5.74) is -0.476. The lowest BCUT2D eigenvalue weighted by Gasteiger charge is -2.16. The molecule has 10 heteroatoms. The Balaban J connectivity index is 1.96. The second kappa shape index (κ2) is 7.51. The van der Waals surface area contributed by atoms with E-state index < -0.39 is 16.7 Å². The van der Waals surface area contributed by atoms with Gasteiger partial charge in [-0.15, -0.1) is 0 Å². The van der Waals surface area contributed by atoms with Crippen LogP contribution < -0.4 is 4.90 Å². The monoisotopic (exact) mass is 371 g/mol. The Hall–Kier alpha value is -2.62. The van der Waals surface area contributed by atoms with Crippen molar-refractivity contribution in [3.8, 4) is 0 Å². The maximum absolute atomic E-state index is 12.5. The molecule has 0 fully saturated rings. The van der Waals surface area contributed by atoms with Crippen LogP contribution in [0, 0.1) is 10.1 Å². The van der Waals surface area contributed by atoms with Gasteiger partial charge in [-0.25, -0.2) is 4.98 Å². The molecule has 2 rings (SSSR count). The predicted molar refractivity (Wildman–Crippen MR) is 86.5 cm³/mol. The summed E-state index contributed by atoms with van der Waals surface area (Å²) in [5, 5.41) is 10.9. The zero-order chi connectivity index (χ0) is 18.6. The van der Waals surface area contributed by atoms with Crippen LogP contribution in [0.2, 0.25) is 0 Å². The minimum absolute atomic E-state index is 0.0359. The fourth-order valence-corrected chi connectivity index (χ4v) is 2.56. The number of anilines is 1. The summed E-state index contributed by atoms with van der Waals surface area (Å²) in [6.45, 7) is 0. The Kier molecular flexibility index (Phi) is 5.62. The number of carbonyl (C=O) groups is 1. The Morgan fingerprint density at radius 3 is 2.36 bits per heavy atom. The highest BCUT2D eigenvalue weighted by atomic mass is 32.2. The van der Waals surface area contributed by atoms with Crippen molar-refractivity contribution in [2.75, 3.05) is 17.7 Å². The maximum atomic E-state index is 12.5. The first kappa shape index (κ1) is 18.7. The Labute approximate surface area is 144 Å². The molecule has 0 atom stereocenters. The number of carbonyl (C=O) groups excluding carboxylic acids is 1.